The van der Waals surface area contributed by atoms with Crippen LogP contribution in [-0.2, 0) is 27.2 Å². The van der Waals surface area contributed by atoms with Gasteiger partial charge in [0.15, 0.2) is 5.82 Å². The van der Waals surface area contributed by atoms with Crippen LogP contribution in [0.2, 0.25) is 0 Å². The van der Waals surface area contributed by atoms with Gasteiger partial charge in [0.2, 0.25) is 11.8 Å². The fourth-order valence-corrected chi connectivity index (χ4v) is 3.65. The second-order valence-electron chi connectivity index (χ2n) is 7.74. The average molecular weight is 422 g/mol. The van der Waals surface area contributed by atoms with Crippen LogP contribution in [0.5, 0.6) is 0 Å². The number of hydrogen-bond acceptors (Lipinski definition) is 8. The second-order valence-corrected chi connectivity index (χ2v) is 7.74. The van der Waals surface area contributed by atoms with Crippen molar-refractivity contribution in [2.45, 2.75) is 52.2 Å². The maximum absolute atomic E-state index is 11.2. The number of benzene rings is 1. The summed E-state index contributed by atoms with van der Waals surface area (Å²) in [6, 6.07) is 8.56. The monoisotopic (exact) mass is 422 g/mol. The number of rotatable bonds is 6. The largest absolute Gasteiger partial charge is 0.407 e. The summed E-state index contributed by atoms with van der Waals surface area (Å²) < 4.78 is 16.6. The van der Waals surface area contributed by atoms with Gasteiger partial charge >= 0.3 is 5.97 Å². The molecule has 0 spiro atoms. The third-order valence-corrected chi connectivity index (χ3v) is 5.57. The number of esters is 1. The normalized spacial score (nSPS) is 21.1. The van der Waals surface area contributed by atoms with Gasteiger partial charge in [0, 0.05) is 24.1 Å². The Hall–Kier alpha value is -3.26. The lowest BCUT2D eigenvalue weighted by Gasteiger charge is -2.25. The van der Waals surface area contributed by atoms with Crippen molar-refractivity contribution in [2.24, 2.45) is 4.99 Å². The van der Waals surface area contributed by atoms with E-state index in [1.165, 1.54) is 18.1 Å². The van der Waals surface area contributed by atoms with E-state index in [-0.39, 0.29) is 17.9 Å². The minimum atomic E-state index is -0.423. The molecule has 8 nitrogen and oxygen atoms in total. The van der Waals surface area contributed by atoms with Crippen molar-refractivity contribution >= 4 is 12.3 Å². The van der Waals surface area contributed by atoms with Crippen molar-refractivity contribution in [1.82, 2.24) is 15.0 Å². The Morgan fingerprint density at radius 3 is 2.81 bits per heavy atom. The molecule has 1 aromatic heterocycles. The molecule has 0 bridgehead atoms. The van der Waals surface area contributed by atoms with Crippen LogP contribution in [0.15, 0.2) is 57.5 Å². The van der Waals surface area contributed by atoms with E-state index in [9.17, 15) is 4.79 Å². The zero-order valence-corrected chi connectivity index (χ0v) is 18.0. The van der Waals surface area contributed by atoms with Crippen LogP contribution < -0.4 is 0 Å². The summed E-state index contributed by atoms with van der Waals surface area (Å²) >= 11 is 0. The summed E-state index contributed by atoms with van der Waals surface area (Å²) in [6.45, 7) is 10.2. The minimum Gasteiger partial charge on any atom is -0.407 e. The van der Waals surface area contributed by atoms with E-state index in [1.807, 2.05) is 0 Å². The first-order valence-electron chi connectivity index (χ1n) is 10.4. The zero-order valence-electron chi connectivity index (χ0n) is 18.0. The van der Waals surface area contributed by atoms with Gasteiger partial charge in [-0.05, 0) is 30.9 Å². The third kappa shape index (κ3) is 4.59. The molecule has 162 valence electrons. The van der Waals surface area contributed by atoms with Crippen LogP contribution in [0.4, 0.5) is 0 Å². The molecule has 4 rings (SSSR count). The molecule has 3 heterocycles. The Kier molecular flexibility index (Phi) is 5.99. The molecular formula is C23H26N4O4. The highest BCUT2D eigenvalue weighted by Gasteiger charge is 2.31. The summed E-state index contributed by atoms with van der Waals surface area (Å²) in [7, 11) is 0. The van der Waals surface area contributed by atoms with Crippen molar-refractivity contribution in [3.05, 3.63) is 70.8 Å². The smallest absolute Gasteiger partial charge is 0.309 e. The highest BCUT2D eigenvalue weighted by molar-refractivity contribution is 5.70. The van der Waals surface area contributed by atoms with Crippen LogP contribution in [0.1, 0.15) is 62.1 Å². The first-order chi connectivity index (χ1) is 14.9. The summed E-state index contributed by atoms with van der Waals surface area (Å²) in [5, 5.41) is 4.17. The highest BCUT2D eigenvalue weighted by atomic mass is 16.5. The van der Waals surface area contributed by atoms with E-state index < -0.39 is 5.97 Å². The van der Waals surface area contributed by atoms with Crippen LogP contribution in [0.3, 0.4) is 0 Å². The molecule has 0 amide bonds. The second kappa shape index (κ2) is 8.85. The molecule has 2 aliphatic rings. The van der Waals surface area contributed by atoms with Gasteiger partial charge in [-0.25, -0.2) is 4.99 Å². The van der Waals surface area contributed by atoms with Crippen molar-refractivity contribution < 1.29 is 18.8 Å². The quantitative estimate of drug-likeness (QED) is 0.649. The van der Waals surface area contributed by atoms with Gasteiger partial charge < -0.3 is 18.9 Å². The number of aliphatic imine (C=N–C) groups is 1. The highest BCUT2D eigenvalue weighted by Crippen LogP contribution is 2.37. The van der Waals surface area contributed by atoms with Crippen molar-refractivity contribution in [3.8, 4) is 0 Å². The lowest BCUT2D eigenvalue weighted by molar-refractivity contribution is -0.137. The van der Waals surface area contributed by atoms with Gasteiger partial charge in [-0.1, -0.05) is 42.9 Å². The van der Waals surface area contributed by atoms with E-state index in [2.05, 4.69) is 52.9 Å². The first kappa shape index (κ1) is 21.0. The van der Waals surface area contributed by atoms with E-state index in [1.54, 1.807) is 18.2 Å². The third-order valence-electron chi connectivity index (χ3n) is 5.57. The van der Waals surface area contributed by atoms with Crippen LogP contribution in [0, 0.1) is 0 Å². The summed E-state index contributed by atoms with van der Waals surface area (Å²) in [5.74, 6) is 1.02. The number of hydrogen-bond donors (Lipinski definition) is 0. The van der Waals surface area contributed by atoms with Crippen molar-refractivity contribution in [1.29, 1.82) is 0 Å². The van der Waals surface area contributed by atoms with Gasteiger partial charge in [0.05, 0.1) is 19.0 Å². The summed E-state index contributed by atoms with van der Waals surface area (Å²) in [6.07, 6.45) is 3.43. The van der Waals surface area contributed by atoms with Crippen LogP contribution >= 0.6 is 0 Å². The Morgan fingerprint density at radius 1 is 1.32 bits per heavy atom. The van der Waals surface area contributed by atoms with Gasteiger partial charge in [-0.3, -0.25) is 4.79 Å². The zero-order chi connectivity index (χ0) is 22.0. The number of carbonyl (C=O) groups excluding carboxylic acids is 1. The Bertz CT molecular complexity index is 1040. The molecule has 0 N–H and O–H groups in total. The molecule has 31 heavy (non-hydrogen) atoms. The lowest BCUT2D eigenvalue weighted by Crippen LogP contribution is -2.25. The molecule has 0 saturated carbocycles. The number of allylic oxidation sites excluding steroid dienone is 1. The van der Waals surface area contributed by atoms with Gasteiger partial charge in [-0.15, -0.1) is 0 Å². The standard InChI is InChI=1S/C23H26N4O4/c1-5-17-6-8-18(9-7-17)20-10-19(12-29-20)22-25-21(31-26-22)11-27-13-24-23(30-16(4)28)14(2)15(27)3/h6-9,13,19-20H,3,5,10-12H2,1-2,4H3/t19-,20+/m0/s1. The summed E-state index contributed by atoms with van der Waals surface area (Å²) in [4.78, 5) is 21.7. The average Bonchev–Trinajstić information content (AvgIpc) is 3.43. The lowest BCUT2D eigenvalue weighted by atomic mass is 9.99. The minimum absolute atomic E-state index is 0.0411. The molecule has 8 heteroatoms. The fourth-order valence-electron chi connectivity index (χ4n) is 3.65. The molecule has 0 radical (unpaired) electrons. The number of ether oxygens (including phenoxy) is 2. The maximum atomic E-state index is 11.2. The predicted octanol–water partition coefficient (Wildman–Crippen LogP) is 4.03. The van der Waals surface area contributed by atoms with Crippen LogP contribution in [0.25, 0.3) is 0 Å². The number of carbonyl (C=O) groups is 1. The maximum Gasteiger partial charge on any atom is 0.309 e. The molecule has 0 unspecified atom stereocenters. The van der Waals surface area contributed by atoms with Crippen molar-refractivity contribution in [2.75, 3.05) is 6.61 Å². The molecule has 2 aliphatic heterocycles. The van der Waals surface area contributed by atoms with E-state index in [0.717, 1.165) is 12.8 Å². The van der Waals surface area contributed by atoms with E-state index >= 15 is 0 Å². The van der Waals surface area contributed by atoms with E-state index in [0.29, 0.717) is 36.1 Å². The molecule has 0 aliphatic carbocycles. The molecule has 1 aromatic carbocycles. The fraction of sp³-hybridized carbons (Fsp3) is 0.391. The Labute approximate surface area is 181 Å². The number of aromatic nitrogens is 2. The SMILES string of the molecule is C=C1C(C)=C(OC(C)=O)N=CN1Cc1nc([C@@H]2CO[C@@H](c3ccc(CC)cc3)C2)no1. The van der Waals surface area contributed by atoms with Gasteiger partial charge in [-0.2, -0.15) is 4.98 Å². The Morgan fingerprint density at radius 2 is 2.10 bits per heavy atom. The van der Waals surface area contributed by atoms with Gasteiger partial charge in [0.25, 0.3) is 0 Å². The molecule has 2 atom stereocenters. The molecular weight excluding hydrogens is 396 g/mol. The summed E-state index contributed by atoms with van der Waals surface area (Å²) in [5.41, 5.74) is 3.83. The molecule has 2 aromatic rings. The topological polar surface area (TPSA) is 90.0 Å². The number of nitrogens with zero attached hydrogens (tertiary/aromatic N) is 4. The Balaban J connectivity index is 1.38. The first-order valence-corrected chi connectivity index (χ1v) is 10.4. The van der Waals surface area contributed by atoms with Crippen LogP contribution in [-0.4, -0.2) is 34.0 Å². The van der Waals surface area contributed by atoms with Gasteiger partial charge in [0.1, 0.15) is 6.54 Å². The van der Waals surface area contributed by atoms with E-state index in [4.69, 9.17) is 14.0 Å². The van der Waals surface area contributed by atoms with Crippen molar-refractivity contribution in [3.63, 3.8) is 0 Å². The molecule has 1 saturated heterocycles. The number of aryl methyl sites for hydroxylation is 1. The molecule has 1 fully saturated rings. The predicted molar refractivity (Wildman–Crippen MR) is 114 cm³/mol.